The number of aromatic nitrogens is 3. The Labute approximate surface area is 147 Å². The summed E-state index contributed by atoms with van der Waals surface area (Å²) in [4.78, 5) is 29.7. The van der Waals surface area contributed by atoms with Crippen molar-refractivity contribution in [1.82, 2.24) is 19.7 Å². The van der Waals surface area contributed by atoms with Crippen molar-refractivity contribution in [3.8, 4) is 0 Å². The van der Waals surface area contributed by atoms with Gasteiger partial charge < -0.3 is 9.88 Å². The lowest BCUT2D eigenvalue weighted by molar-refractivity contribution is -0.129. The number of hydrogen-bond donors (Lipinski definition) is 1. The summed E-state index contributed by atoms with van der Waals surface area (Å²) in [7, 11) is 0. The van der Waals surface area contributed by atoms with Crippen molar-refractivity contribution in [2.24, 2.45) is 0 Å². The van der Waals surface area contributed by atoms with Crippen molar-refractivity contribution in [2.75, 3.05) is 6.54 Å². The Morgan fingerprint density at radius 2 is 2.24 bits per heavy atom. The standard InChI is InChI=1S/C19H26N4O2/c1-4-16-7-5-6-10-22(16)17(24)9-8-14-11-15-12-20-23(13(2)3)18(15)21-19(14)25/h8-9,11-13,16H,4-7,10H2,1-3H3,(H,21,25)/b9-8+. The van der Waals surface area contributed by atoms with Crippen LogP contribution < -0.4 is 5.56 Å². The maximum Gasteiger partial charge on any atom is 0.256 e. The van der Waals surface area contributed by atoms with Gasteiger partial charge in [-0.25, -0.2) is 4.68 Å². The summed E-state index contributed by atoms with van der Waals surface area (Å²) in [6.45, 7) is 6.95. The van der Waals surface area contributed by atoms with Crippen LogP contribution in [0.5, 0.6) is 0 Å². The Bertz CT molecular complexity index is 847. The summed E-state index contributed by atoms with van der Waals surface area (Å²) in [5, 5.41) is 5.18. The van der Waals surface area contributed by atoms with E-state index in [9.17, 15) is 9.59 Å². The number of aromatic amines is 1. The average Bonchev–Trinajstić information content (AvgIpc) is 3.02. The molecule has 3 rings (SSSR count). The van der Waals surface area contributed by atoms with Crippen molar-refractivity contribution in [1.29, 1.82) is 0 Å². The maximum atomic E-state index is 12.5. The van der Waals surface area contributed by atoms with Crippen molar-refractivity contribution >= 4 is 23.0 Å². The third-order valence-electron chi connectivity index (χ3n) is 4.90. The van der Waals surface area contributed by atoms with E-state index >= 15 is 0 Å². The highest BCUT2D eigenvalue weighted by Crippen LogP contribution is 2.20. The van der Waals surface area contributed by atoms with E-state index in [1.165, 1.54) is 12.5 Å². The van der Waals surface area contributed by atoms with Gasteiger partial charge in [0.1, 0.15) is 5.65 Å². The molecule has 1 atom stereocenters. The minimum absolute atomic E-state index is 0.0103. The molecule has 0 radical (unpaired) electrons. The molecule has 1 saturated heterocycles. The number of amides is 1. The van der Waals surface area contributed by atoms with E-state index in [-0.39, 0.29) is 17.5 Å². The van der Waals surface area contributed by atoms with E-state index in [2.05, 4.69) is 17.0 Å². The van der Waals surface area contributed by atoms with Crippen molar-refractivity contribution in [3.63, 3.8) is 0 Å². The van der Waals surface area contributed by atoms with Crippen LogP contribution in [0.4, 0.5) is 0 Å². The van der Waals surface area contributed by atoms with Crippen LogP contribution in [0.15, 0.2) is 23.1 Å². The third-order valence-corrected chi connectivity index (χ3v) is 4.90. The predicted octanol–water partition coefficient (Wildman–Crippen LogP) is 3.11. The van der Waals surface area contributed by atoms with Gasteiger partial charge in [0.25, 0.3) is 5.56 Å². The first-order valence-electron chi connectivity index (χ1n) is 9.10. The van der Waals surface area contributed by atoms with E-state index in [0.29, 0.717) is 17.3 Å². The van der Waals surface area contributed by atoms with Gasteiger partial charge in [-0.05, 0) is 51.7 Å². The predicted molar refractivity (Wildman–Crippen MR) is 99.4 cm³/mol. The van der Waals surface area contributed by atoms with Gasteiger partial charge in [0.2, 0.25) is 5.91 Å². The molecule has 2 aromatic heterocycles. The van der Waals surface area contributed by atoms with Crippen molar-refractivity contribution in [3.05, 3.63) is 34.3 Å². The molecule has 0 saturated carbocycles. The first-order chi connectivity index (χ1) is 12.0. The molecule has 0 aromatic carbocycles. The molecule has 2 aromatic rings. The molecule has 0 spiro atoms. The maximum absolute atomic E-state index is 12.5. The zero-order valence-corrected chi connectivity index (χ0v) is 15.2. The molecule has 0 aliphatic carbocycles. The molecule has 25 heavy (non-hydrogen) atoms. The molecule has 6 heteroatoms. The summed E-state index contributed by atoms with van der Waals surface area (Å²) in [6.07, 6.45) is 9.16. The Kier molecular flexibility index (Phi) is 5.06. The highest BCUT2D eigenvalue weighted by atomic mass is 16.2. The van der Waals surface area contributed by atoms with Crippen LogP contribution in [0.2, 0.25) is 0 Å². The van der Waals surface area contributed by atoms with Gasteiger partial charge in [-0.1, -0.05) is 6.92 Å². The second kappa shape index (κ2) is 7.25. The molecule has 1 N–H and O–H groups in total. The number of piperidine rings is 1. The van der Waals surface area contributed by atoms with E-state index in [1.54, 1.807) is 23.0 Å². The molecule has 134 valence electrons. The highest BCUT2D eigenvalue weighted by Gasteiger charge is 2.23. The number of carbonyl (C=O) groups excluding carboxylic acids is 1. The van der Waals surface area contributed by atoms with Gasteiger partial charge in [-0.3, -0.25) is 9.59 Å². The number of fused-ring (bicyclic) bond motifs is 1. The van der Waals surface area contributed by atoms with Crippen LogP contribution in [0.25, 0.3) is 17.1 Å². The lowest BCUT2D eigenvalue weighted by atomic mass is 10.00. The van der Waals surface area contributed by atoms with Crippen LogP contribution in [-0.4, -0.2) is 38.2 Å². The van der Waals surface area contributed by atoms with Gasteiger partial charge in [0, 0.05) is 35.7 Å². The van der Waals surface area contributed by atoms with Crippen molar-refractivity contribution in [2.45, 2.75) is 58.5 Å². The minimum Gasteiger partial charge on any atom is -0.336 e. The zero-order chi connectivity index (χ0) is 18.0. The second-order valence-corrected chi connectivity index (χ2v) is 6.96. The van der Waals surface area contributed by atoms with E-state index < -0.39 is 0 Å². The molecular weight excluding hydrogens is 316 g/mol. The molecule has 1 aliphatic heterocycles. The van der Waals surface area contributed by atoms with Crippen LogP contribution in [-0.2, 0) is 4.79 Å². The summed E-state index contributed by atoms with van der Waals surface area (Å²) in [6, 6.07) is 2.27. The van der Waals surface area contributed by atoms with Crippen LogP contribution in [0.3, 0.4) is 0 Å². The van der Waals surface area contributed by atoms with Gasteiger partial charge in [0.05, 0.1) is 6.20 Å². The Morgan fingerprint density at radius 1 is 1.44 bits per heavy atom. The summed E-state index contributed by atoms with van der Waals surface area (Å²) < 4.78 is 1.79. The topological polar surface area (TPSA) is 71.0 Å². The molecular formula is C19H26N4O2. The number of hydrogen-bond acceptors (Lipinski definition) is 3. The van der Waals surface area contributed by atoms with Crippen LogP contribution in [0.1, 0.15) is 58.1 Å². The first kappa shape index (κ1) is 17.5. The average molecular weight is 342 g/mol. The van der Waals surface area contributed by atoms with E-state index in [4.69, 9.17) is 0 Å². The fourth-order valence-corrected chi connectivity index (χ4v) is 3.51. The molecule has 6 nitrogen and oxygen atoms in total. The highest BCUT2D eigenvalue weighted by molar-refractivity contribution is 5.92. The molecule has 1 unspecified atom stereocenters. The Hall–Kier alpha value is -2.37. The Morgan fingerprint density at radius 3 is 2.96 bits per heavy atom. The molecule has 1 fully saturated rings. The van der Waals surface area contributed by atoms with Gasteiger partial charge in [-0.15, -0.1) is 0 Å². The summed E-state index contributed by atoms with van der Waals surface area (Å²) >= 11 is 0. The molecule has 1 aliphatic rings. The number of nitrogens with one attached hydrogen (secondary N) is 1. The third kappa shape index (κ3) is 3.52. The number of nitrogens with zero attached hydrogens (tertiary/aromatic N) is 3. The number of likely N-dealkylation sites (tertiary alicyclic amines) is 1. The van der Waals surface area contributed by atoms with Gasteiger partial charge >= 0.3 is 0 Å². The minimum atomic E-state index is -0.204. The second-order valence-electron chi connectivity index (χ2n) is 6.96. The number of pyridine rings is 1. The monoisotopic (exact) mass is 342 g/mol. The quantitative estimate of drug-likeness (QED) is 0.868. The lowest BCUT2D eigenvalue weighted by Crippen LogP contribution is -2.42. The van der Waals surface area contributed by atoms with E-state index in [0.717, 1.165) is 31.2 Å². The fraction of sp³-hybridized carbons (Fsp3) is 0.526. The van der Waals surface area contributed by atoms with Crippen LogP contribution >= 0.6 is 0 Å². The summed E-state index contributed by atoms with van der Waals surface area (Å²) in [5.74, 6) is -0.0103. The van der Waals surface area contributed by atoms with E-state index in [1.807, 2.05) is 18.7 Å². The van der Waals surface area contributed by atoms with Gasteiger partial charge in [0.15, 0.2) is 0 Å². The number of rotatable bonds is 4. The first-order valence-corrected chi connectivity index (χ1v) is 9.10. The fourth-order valence-electron chi connectivity index (χ4n) is 3.51. The number of H-pyrrole nitrogens is 1. The molecule has 1 amide bonds. The largest absolute Gasteiger partial charge is 0.336 e. The smallest absolute Gasteiger partial charge is 0.256 e. The Balaban J connectivity index is 1.84. The summed E-state index contributed by atoms with van der Waals surface area (Å²) in [5.41, 5.74) is 0.990. The molecule has 0 bridgehead atoms. The normalized spacial score (nSPS) is 18.6. The SMILES string of the molecule is CCC1CCCCN1C(=O)/C=C/c1cc2cnn(C(C)C)c2[nH]c1=O. The zero-order valence-electron chi connectivity index (χ0n) is 15.2. The van der Waals surface area contributed by atoms with Crippen LogP contribution in [0, 0.1) is 0 Å². The lowest BCUT2D eigenvalue weighted by Gasteiger charge is -2.34. The molecule has 3 heterocycles. The van der Waals surface area contributed by atoms with Gasteiger partial charge in [-0.2, -0.15) is 5.10 Å². The van der Waals surface area contributed by atoms with Crippen molar-refractivity contribution < 1.29 is 4.79 Å². The number of carbonyl (C=O) groups is 1.